The lowest BCUT2D eigenvalue weighted by molar-refractivity contribution is 0.138. The fraction of sp³-hybridized carbons (Fsp3) is 0.750. The van der Waals surface area contributed by atoms with Gasteiger partial charge in [-0.25, -0.2) is 0 Å². The van der Waals surface area contributed by atoms with Crippen LogP contribution in [-0.4, -0.2) is 24.6 Å². The van der Waals surface area contributed by atoms with Gasteiger partial charge >= 0.3 is 0 Å². The van der Waals surface area contributed by atoms with Crippen LogP contribution >= 0.6 is 0 Å². The third-order valence-electron chi connectivity index (χ3n) is 2.74. The topological polar surface area (TPSA) is 36.3 Å². The third kappa shape index (κ3) is 3.47. The summed E-state index contributed by atoms with van der Waals surface area (Å²) in [6, 6.07) is 2.50. The molecule has 15 heavy (non-hydrogen) atoms. The molecule has 1 saturated heterocycles. The second-order valence-electron chi connectivity index (χ2n) is 3.49. The SMILES string of the molecule is C=C(OC)N1CCC(C)C1CC#N.CC. The first-order chi connectivity index (χ1) is 7.20. The van der Waals surface area contributed by atoms with E-state index in [1.165, 1.54) is 0 Å². The summed E-state index contributed by atoms with van der Waals surface area (Å²) in [5.41, 5.74) is 0. The van der Waals surface area contributed by atoms with Crippen LogP contribution in [0.5, 0.6) is 0 Å². The first-order valence-corrected chi connectivity index (χ1v) is 5.57. The predicted molar refractivity (Wildman–Crippen MR) is 62.0 cm³/mol. The second-order valence-corrected chi connectivity index (χ2v) is 3.49. The number of hydrogen-bond acceptors (Lipinski definition) is 3. The molecule has 0 N–H and O–H groups in total. The van der Waals surface area contributed by atoms with Crippen molar-refractivity contribution in [2.45, 2.75) is 39.7 Å². The van der Waals surface area contributed by atoms with Crippen molar-refractivity contribution >= 4 is 0 Å². The van der Waals surface area contributed by atoms with Crippen molar-refractivity contribution in [2.24, 2.45) is 5.92 Å². The van der Waals surface area contributed by atoms with Gasteiger partial charge in [0.15, 0.2) is 5.88 Å². The monoisotopic (exact) mass is 210 g/mol. The third-order valence-corrected chi connectivity index (χ3v) is 2.74. The van der Waals surface area contributed by atoms with Gasteiger partial charge in [0, 0.05) is 12.6 Å². The maximum atomic E-state index is 8.67. The molecule has 0 saturated carbocycles. The molecular formula is C12H22N2O. The summed E-state index contributed by atoms with van der Waals surface area (Å²) in [6.45, 7) is 10.9. The van der Waals surface area contributed by atoms with Crippen LogP contribution in [0, 0.1) is 17.2 Å². The quantitative estimate of drug-likeness (QED) is 0.672. The minimum absolute atomic E-state index is 0.289. The van der Waals surface area contributed by atoms with E-state index in [1.54, 1.807) is 7.11 Å². The Morgan fingerprint density at radius 1 is 1.60 bits per heavy atom. The Bertz CT molecular complexity index is 232. The summed E-state index contributed by atoms with van der Waals surface area (Å²) in [7, 11) is 1.62. The summed E-state index contributed by atoms with van der Waals surface area (Å²) in [5, 5.41) is 8.67. The Balaban J connectivity index is 0.000000921. The molecule has 0 amide bonds. The van der Waals surface area contributed by atoms with Crippen molar-refractivity contribution in [3.05, 3.63) is 12.5 Å². The van der Waals surface area contributed by atoms with Gasteiger partial charge in [-0.1, -0.05) is 20.8 Å². The number of hydrogen-bond donors (Lipinski definition) is 0. The predicted octanol–water partition coefficient (Wildman–Crippen LogP) is 2.75. The van der Waals surface area contributed by atoms with Crippen molar-refractivity contribution in [2.75, 3.05) is 13.7 Å². The Morgan fingerprint density at radius 3 is 2.67 bits per heavy atom. The largest absolute Gasteiger partial charge is 0.483 e. The van der Waals surface area contributed by atoms with E-state index in [4.69, 9.17) is 10.00 Å². The minimum Gasteiger partial charge on any atom is -0.483 e. The molecule has 0 aromatic heterocycles. The average molecular weight is 210 g/mol. The molecular weight excluding hydrogens is 188 g/mol. The number of ether oxygens (including phenoxy) is 1. The van der Waals surface area contributed by atoms with Gasteiger partial charge in [-0.3, -0.25) is 0 Å². The highest BCUT2D eigenvalue weighted by molar-refractivity contribution is 4.98. The first kappa shape index (κ1) is 13.8. The van der Waals surface area contributed by atoms with Gasteiger partial charge in [0.25, 0.3) is 0 Å². The first-order valence-electron chi connectivity index (χ1n) is 5.57. The van der Waals surface area contributed by atoms with Crippen molar-refractivity contribution in [1.82, 2.24) is 4.90 Å². The van der Waals surface area contributed by atoms with E-state index >= 15 is 0 Å². The smallest absolute Gasteiger partial charge is 0.181 e. The van der Waals surface area contributed by atoms with E-state index < -0.39 is 0 Å². The van der Waals surface area contributed by atoms with Gasteiger partial charge in [-0.05, 0) is 18.9 Å². The highest BCUT2D eigenvalue weighted by Gasteiger charge is 2.31. The van der Waals surface area contributed by atoms with Crippen molar-refractivity contribution < 1.29 is 4.74 Å². The maximum Gasteiger partial charge on any atom is 0.181 e. The van der Waals surface area contributed by atoms with E-state index in [-0.39, 0.29) is 6.04 Å². The van der Waals surface area contributed by atoms with Crippen molar-refractivity contribution in [3.63, 3.8) is 0 Å². The van der Waals surface area contributed by atoms with Gasteiger partial charge in [-0.15, -0.1) is 0 Å². The zero-order valence-corrected chi connectivity index (χ0v) is 10.3. The molecule has 2 unspecified atom stereocenters. The van der Waals surface area contributed by atoms with Gasteiger partial charge < -0.3 is 9.64 Å². The minimum atomic E-state index is 0.289. The van der Waals surface area contributed by atoms with E-state index in [0.717, 1.165) is 13.0 Å². The van der Waals surface area contributed by atoms with Gasteiger partial charge in [0.2, 0.25) is 0 Å². The number of nitrogens with zero attached hydrogens (tertiary/aromatic N) is 2. The summed E-state index contributed by atoms with van der Waals surface area (Å²) < 4.78 is 5.08. The Hall–Kier alpha value is -1.17. The molecule has 1 fully saturated rings. The van der Waals surface area contributed by atoms with E-state index in [1.807, 2.05) is 13.8 Å². The van der Waals surface area contributed by atoms with Crippen LogP contribution in [0.15, 0.2) is 12.5 Å². The fourth-order valence-electron chi connectivity index (χ4n) is 1.84. The molecule has 3 heteroatoms. The molecule has 0 aliphatic carbocycles. The molecule has 0 spiro atoms. The number of rotatable bonds is 3. The van der Waals surface area contributed by atoms with Crippen molar-refractivity contribution in [3.8, 4) is 6.07 Å². The lowest BCUT2D eigenvalue weighted by Gasteiger charge is -2.27. The normalized spacial score (nSPS) is 23.8. The molecule has 0 aromatic carbocycles. The summed E-state index contributed by atoms with van der Waals surface area (Å²) >= 11 is 0. The van der Waals surface area contributed by atoms with Crippen LogP contribution in [0.2, 0.25) is 0 Å². The Labute approximate surface area is 93.3 Å². The van der Waals surface area contributed by atoms with E-state index in [9.17, 15) is 0 Å². The summed E-state index contributed by atoms with van der Waals surface area (Å²) in [5.74, 6) is 1.25. The highest BCUT2D eigenvalue weighted by atomic mass is 16.5. The van der Waals surface area contributed by atoms with Crippen LogP contribution in [0.4, 0.5) is 0 Å². The molecule has 1 aliphatic heterocycles. The van der Waals surface area contributed by atoms with Crippen LogP contribution in [0.25, 0.3) is 0 Å². The number of methoxy groups -OCH3 is 1. The molecule has 1 rings (SSSR count). The lowest BCUT2D eigenvalue weighted by Crippen LogP contribution is -2.31. The second kappa shape index (κ2) is 7.17. The fourth-order valence-corrected chi connectivity index (χ4v) is 1.84. The molecule has 1 heterocycles. The van der Waals surface area contributed by atoms with Gasteiger partial charge in [0.05, 0.1) is 19.6 Å². The molecule has 86 valence electrons. The van der Waals surface area contributed by atoms with Crippen LogP contribution in [0.1, 0.15) is 33.6 Å². The number of nitriles is 1. The maximum absolute atomic E-state index is 8.67. The average Bonchev–Trinajstić information content (AvgIpc) is 2.63. The van der Waals surface area contributed by atoms with Gasteiger partial charge in [-0.2, -0.15) is 5.26 Å². The lowest BCUT2D eigenvalue weighted by atomic mass is 10.0. The number of likely N-dealkylation sites (tertiary alicyclic amines) is 1. The standard InChI is InChI=1S/C10H16N2O.C2H6/c1-8-5-7-12(9(2)13-3)10(8)4-6-11;1-2/h8,10H,2,4-5,7H2,1,3H3;1-2H3. The Morgan fingerprint density at radius 2 is 2.20 bits per heavy atom. The Kier molecular flexibility index (Phi) is 6.61. The zero-order valence-electron chi connectivity index (χ0n) is 10.3. The van der Waals surface area contributed by atoms with Crippen LogP contribution in [0.3, 0.4) is 0 Å². The van der Waals surface area contributed by atoms with Gasteiger partial charge in [0.1, 0.15) is 0 Å². The zero-order chi connectivity index (χ0) is 11.8. The summed E-state index contributed by atoms with van der Waals surface area (Å²) in [6.07, 6.45) is 1.68. The molecule has 2 atom stereocenters. The molecule has 0 radical (unpaired) electrons. The van der Waals surface area contributed by atoms with E-state index in [2.05, 4.69) is 24.5 Å². The van der Waals surface area contributed by atoms with Crippen LogP contribution < -0.4 is 0 Å². The van der Waals surface area contributed by atoms with Crippen LogP contribution in [-0.2, 0) is 4.74 Å². The molecule has 1 aliphatic rings. The molecule has 3 nitrogen and oxygen atoms in total. The molecule has 0 bridgehead atoms. The highest BCUT2D eigenvalue weighted by Crippen LogP contribution is 2.28. The molecule has 0 aromatic rings. The van der Waals surface area contributed by atoms with Crippen molar-refractivity contribution in [1.29, 1.82) is 5.26 Å². The van der Waals surface area contributed by atoms with E-state index in [0.29, 0.717) is 18.2 Å². The summed E-state index contributed by atoms with van der Waals surface area (Å²) in [4.78, 5) is 2.09.